The molecule has 1 saturated carbocycles. The van der Waals surface area contributed by atoms with Crippen LogP contribution in [0.1, 0.15) is 50.5 Å². The minimum atomic E-state index is -0.365. The van der Waals surface area contributed by atoms with E-state index in [0.29, 0.717) is 19.1 Å². The molecule has 0 bridgehead atoms. The molecule has 2 unspecified atom stereocenters. The van der Waals surface area contributed by atoms with Crippen LogP contribution in [-0.4, -0.2) is 41.9 Å². The number of carbonyl (C=O) groups is 2. The first-order chi connectivity index (χ1) is 12.7. The van der Waals surface area contributed by atoms with Crippen LogP contribution in [-0.2, 0) is 16.0 Å². The third-order valence-corrected chi connectivity index (χ3v) is 6.05. The summed E-state index contributed by atoms with van der Waals surface area (Å²) in [5.74, 6) is 0.716. The number of nitrogens with one attached hydrogen (secondary N) is 1. The lowest BCUT2D eigenvalue weighted by molar-refractivity contribution is -0.142. The summed E-state index contributed by atoms with van der Waals surface area (Å²) in [4.78, 5) is 27.7. The van der Waals surface area contributed by atoms with Gasteiger partial charge in [0.1, 0.15) is 18.4 Å². The van der Waals surface area contributed by atoms with Gasteiger partial charge in [0, 0.05) is 12.6 Å². The molecule has 2 amide bonds. The van der Waals surface area contributed by atoms with Crippen molar-refractivity contribution in [3.63, 3.8) is 0 Å². The van der Waals surface area contributed by atoms with Crippen LogP contribution in [0, 0.1) is 5.92 Å². The molecule has 1 saturated heterocycles. The lowest BCUT2D eigenvalue weighted by Gasteiger charge is -2.40. The van der Waals surface area contributed by atoms with E-state index >= 15 is 0 Å². The first-order valence-electron chi connectivity index (χ1n) is 10.0. The zero-order chi connectivity index (χ0) is 17.9. The molecule has 5 heteroatoms. The molecule has 0 radical (unpaired) electrons. The summed E-state index contributed by atoms with van der Waals surface area (Å²) in [6.07, 6.45) is 8.32. The number of hydrogen-bond donors (Lipinski definition) is 1. The van der Waals surface area contributed by atoms with Gasteiger partial charge in [-0.25, -0.2) is 0 Å². The van der Waals surface area contributed by atoms with Gasteiger partial charge in [-0.05, 0) is 43.7 Å². The molecule has 1 N–H and O–H groups in total. The maximum absolute atomic E-state index is 12.9. The summed E-state index contributed by atoms with van der Waals surface area (Å²) in [7, 11) is 0. The van der Waals surface area contributed by atoms with E-state index in [-0.39, 0.29) is 23.8 Å². The maximum atomic E-state index is 12.9. The highest BCUT2D eigenvalue weighted by Crippen LogP contribution is 2.28. The highest BCUT2D eigenvalue weighted by molar-refractivity contribution is 5.89. The van der Waals surface area contributed by atoms with Crippen molar-refractivity contribution in [3.05, 3.63) is 29.8 Å². The van der Waals surface area contributed by atoms with Crippen LogP contribution in [0.3, 0.4) is 0 Å². The fourth-order valence-electron chi connectivity index (χ4n) is 4.57. The Kier molecular flexibility index (Phi) is 5.14. The summed E-state index contributed by atoms with van der Waals surface area (Å²) < 4.78 is 5.73. The number of carbonyl (C=O) groups excluding carboxylic acids is 2. The number of nitrogens with zero attached hydrogens (tertiary/aromatic N) is 1. The standard InChI is InChI=1S/C21H28N2O3/c24-20(16-13-15-7-4-5-11-19(15)26-14-16)22-18-10-6-12-23(21(18)25)17-8-2-1-3-9-17/h4-5,7,11,16-18H,1-3,6,8-10,12-14H2,(H,22,24). The number of fused-ring (bicyclic) bond motifs is 1. The fourth-order valence-corrected chi connectivity index (χ4v) is 4.57. The molecule has 4 rings (SSSR count). The first kappa shape index (κ1) is 17.4. The second-order valence-electron chi connectivity index (χ2n) is 7.85. The molecule has 1 aromatic rings. The lowest BCUT2D eigenvalue weighted by Crippen LogP contribution is -2.56. The Morgan fingerprint density at radius 1 is 1.08 bits per heavy atom. The SMILES string of the molecule is O=C(NC1CCCN(C2CCCCC2)C1=O)C1COc2ccccc2C1. The second kappa shape index (κ2) is 7.68. The molecular weight excluding hydrogens is 328 g/mol. The molecule has 1 aromatic carbocycles. The van der Waals surface area contributed by atoms with Crippen LogP contribution in [0.4, 0.5) is 0 Å². The van der Waals surface area contributed by atoms with E-state index in [4.69, 9.17) is 4.74 Å². The zero-order valence-electron chi connectivity index (χ0n) is 15.3. The van der Waals surface area contributed by atoms with Gasteiger partial charge in [0.05, 0.1) is 5.92 Å². The van der Waals surface area contributed by atoms with E-state index in [0.717, 1.165) is 43.5 Å². The Labute approximate surface area is 155 Å². The zero-order valence-corrected chi connectivity index (χ0v) is 15.3. The Balaban J connectivity index is 1.37. The Bertz CT molecular complexity index is 669. The molecule has 2 heterocycles. The van der Waals surface area contributed by atoms with E-state index in [1.165, 1.54) is 19.3 Å². The van der Waals surface area contributed by atoms with Crippen LogP contribution in [0.2, 0.25) is 0 Å². The predicted octanol–water partition coefficient (Wildman–Crippen LogP) is 2.68. The van der Waals surface area contributed by atoms with Crippen LogP contribution in [0.5, 0.6) is 5.75 Å². The van der Waals surface area contributed by atoms with Crippen LogP contribution >= 0.6 is 0 Å². The van der Waals surface area contributed by atoms with Crippen molar-refractivity contribution < 1.29 is 14.3 Å². The number of ether oxygens (including phenoxy) is 1. The number of benzene rings is 1. The number of likely N-dealkylation sites (tertiary alicyclic amines) is 1. The molecule has 2 fully saturated rings. The van der Waals surface area contributed by atoms with Crippen molar-refractivity contribution in [2.24, 2.45) is 5.92 Å². The summed E-state index contributed by atoms with van der Waals surface area (Å²) in [6.45, 7) is 1.23. The summed E-state index contributed by atoms with van der Waals surface area (Å²) in [5, 5.41) is 3.03. The molecule has 2 aliphatic heterocycles. The molecule has 2 atom stereocenters. The minimum Gasteiger partial charge on any atom is -0.492 e. The fraction of sp³-hybridized carbons (Fsp3) is 0.619. The molecule has 0 spiro atoms. The molecule has 1 aliphatic carbocycles. The Hall–Kier alpha value is -2.04. The Morgan fingerprint density at radius 2 is 1.88 bits per heavy atom. The van der Waals surface area contributed by atoms with Crippen molar-refractivity contribution in [2.45, 2.75) is 63.5 Å². The average molecular weight is 356 g/mol. The van der Waals surface area contributed by atoms with Gasteiger partial charge in [-0.1, -0.05) is 37.5 Å². The number of piperidine rings is 1. The van der Waals surface area contributed by atoms with Crippen LogP contribution in [0.15, 0.2) is 24.3 Å². The number of amides is 2. The highest BCUT2D eigenvalue weighted by Gasteiger charge is 2.36. The summed E-state index contributed by atoms with van der Waals surface area (Å²) in [6, 6.07) is 7.87. The van der Waals surface area contributed by atoms with E-state index < -0.39 is 0 Å². The largest absolute Gasteiger partial charge is 0.492 e. The maximum Gasteiger partial charge on any atom is 0.245 e. The van der Waals surface area contributed by atoms with Gasteiger partial charge < -0.3 is 15.0 Å². The van der Waals surface area contributed by atoms with Gasteiger partial charge in [0.25, 0.3) is 0 Å². The number of para-hydroxylation sites is 1. The molecule has 26 heavy (non-hydrogen) atoms. The predicted molar refractivity (Wildman–Crippen MR) is 98.9 cm³/mol. The van der Waals surface area contributed by atoms with Crippen molar-refractivity contribution >= 4 is 11.8 Å². The van der Waals surface area contributed by atoms with Gasteiger partial charge in [-0.3, -0.25) is 9.59 Å². The van der Waals surface area contributed by atoms with Gasteiger partial charge >= 0.3 is 0 Å². The monoisotopic (exact) mass is 356 g/mol. The van der Waals surface area contributed by atoms with E-state index in [2.05, 4.69) is 5.32 Å². The first-order valence-corrected chi connectivity index (χ1v) is 10.0. The van der Waals surface area contributed by atoms with E-state index in [1.807, 2.05) is 29.2 Å². The third kappa shape index (κ3) is 3.57. The van der Waals surface area contributed by atoms with Crippen LogP contribution in [0.25, 0.3) is 0 Å². The van der Waals surface area contributed by atoms with Crippen molar-refractivity contribution in [2.75, 3.05) is 13.2 Å². The smallest absolute Gasteiger partial charge is 0.245 e. The summed E-state index contributed by atoms with van der Waals surface area (Å²) in [5.41, 5.74) is 1.07. The van der Waals surface area contributed by atoms with E-state index in [9.17, 15) is 9.59 Å². The minimum absolute atomic E-state index is 0.0525. The topological polar surface area (TPSA) is 58.6 Å². The molecular formula is C21H28N2O3. The quantitative estimate of drug-likeness (QED) is 0.906. The normalized spacial score (nSPS) is 26.8. The van der Waals surface area contributed by atoms with Crippen LogP contribution < -0.4 is 10.1 Å². The number of hydrogen-bond acceptors (Lipinski definition) is 3. The number of rotatable bonds is 3. The highest BCUT2D eigenvalue weighted by atomic mass is 16.5. The molecule has 0 aromatic heterocycles. The van der Waals surface area contributed by atoms with Crippen molar-refractivity contribution in [3.8, 4) is 5.75 Å². The second-order valence-corrected chi connectivity index (χ2v) is 7.85. The molecule has 5 nitrogen and oxygen atoms in total. The van der Waals surface area contributed by atoms with Gasteiger partial charge in [-0.15, -0.1) is 0 Å². The Morgan fingerprint density at radius 3 is 2.73 bits per heavy atom. The van der Waals surface area contributed by atoms with Gasteiger partial charge in [0.2, 0.25) is 11.8 Å². The summed E-state index contributed by atoms with van der Waals surface area (Å²) >= 11 is 0. The molecule has 3 aliphatic rings. The molecule has 140 valence electrons. The third-order valence-electron chi connectivity index (χ3n) is 6.05. The lowest BCUT2D eigenvalue weighted by atomic mass is 9.91. The van der Waals surface area contributed by atoms with Crippen molar-refractivity contribution in [1.82, 2.24) is 10.2 Å². The van der Waals surface area contributed by atoms with Crippen molar-refractivity contribution in [1.29, 1.82) is 0 Å². The van der Waals surface area contributed by atoms with Gasteiger partial charge in [-0.2, -0.15) is 0 Å². The van der Waals surface area contributed by atoms with Gasteiger partial charge in [0.15, 0.2) is 0 Å². The average Bonchev–Trinajstić information content (AvgIpc) is 2.70. The van der Waals surface area contributed by atoms with E-state index in [1.54, 1.807) is 0 Å².